The third-order valence-corrected chi connectivity index (χ3v) is 4.20. The lowest BCUT2D eigenvalue weighted by Crippen LogP contribution is -2.49. The van der Waals surface area contributed by atoms with Gasteiger partial charge >= 0.3 is 0 Å². The molecule has 0 saturated carbocycles. The number of carbonyl (C=O) groups excluding carboxylic acids is 1. The first-order valence-electron chi connectivity index (χ1n) is 8.08. The van der Waals surface area contributed by atoms with Crippen LogP contribution in [-0.2, 0) is 4.79 Å². The summed E-state index contributed by atoms with van der Waals surface area (Å²) in [5.74, 6) is 1.08. The summed E-state index contributed by atoms with van der Waals surface area (Å²) in [7, 11) is 0. The summed E-state index contributed by atoms with van der Waals surface area (Å²) >= 11 is 0. The van der Waals surface area contributed by atoms with Crippen molar-refractivity contribution in [2.75, 3.05) is 65.4 Å². The van der Waals surface area contributed by atoms with Gasteiger partial charge in [-0.2, -0.15) is 0 Å². The van der Waals surface area contributed by atoms with E-state index < -0.39 is 0 Å². The largest absolute Gasteiger partial charge is 0.340 e. The molecular weight excluding hydrogens is 323 g/mol. The molecule has 2 aliphatic rings. The molecule has 2 fully saturated rings. The zero-order valence-electron chi connectivity index (χ0n) is 13.9. The number of halogens is 2. The third kappa shape index (κ3) is 7.47. The molecule has 5 nitrogen and oxygen atoms in total. The maximum Gasteiger partial charge on any atom is 0.223 e. The van der Waals surface area contributed by atoms with Crippen molar-refractivity contribution in [2.24, 2.45) is 5.92 Å². The first-order chi connectivity index (χ1) is 9.65. The van der Waals surface area contributed by atoms with E-state index in [9.17, 15) is 4.79 Å². The highest BCUT2D eigenvalue weighted by Crippen LogP contribution is 2.06. The van der Waals surface area contributed by atoms with Crippen LogP contribution in [0.2, 0.25) is 0 Å². The molecule has 22 heavy (non-hydrogen) atoms. The minimum Gasteiger partial charge on any atom is -0.340 e. The second kappa shape index (κ2) is 11.5. The number of hydrogen-bond acceptors (Lipinski definition) is 4. The molecule has 0 unspecified atom stereocenters. The van der Waals surface area contributed by atoms with Crippen molar-refractivity contribution in [1.82, 2.24) is 20.0 Å². The van der Waals surface area contributed by atoms with Crippen LogP contribution in [-0.4, -0.2) is 86.1 Å². The van der Waals surface area contributed by atoms with Crippen molar-refractivity contribution in [1.29, 1.82) is 0 Å². The van der Waals surface area contributed by atoms with Crippen LogP contribution in [0.15, 0.2) is 0 Å². The molecule has 0 aliphatic carbocycles. The van der Waals surface area contributed by atoms with Gasteiger partial charge in [0.15, 0.2) is 0 Å². The Morgan fingerprint density at radius 1 is 0.955 bits per heavy atom. The van der Waals surface area contributed by atoms with Crippen molar-refractivity contribution in [2.45, 2.75) is 20.3 Å². The molecule has 2 rings (SSSR count). The maximum absolute atomic E-state index is 12.1. The number of nitrogens with one attached hydrogen (secondary N) is 1. The average molecular weight is 355 g/mol. The first kappa shape index (κ1) is 21.9. The molecule has 0 bridgehead atoms. The van der Waals surface area contributed by atoms with Crippen LogP contribution in [0.5, 0.6) is 0 Å². The fourth-order valence-corrected chi connectivity index (χ4v) is 3.04. The topological polar surface area (TPSA) is 38.8 Å². The molecule has 0 aromatic carbocycles. The summed E-state index contributed by atoms with van der Waals surface area (Å²) in [6, 6.07) is 0. The van der Waals surface area contributed by atoms with Crippen LogP contribution >= 0.6 is 24.8 Å². The van der Waals surface area contributed by atoms with E-state index in [1.807, 2.05) is 4.90 Å². The van der Waals surface area contributed by atoms with E-state index in [0.717, 1.165) is 64.8 Å². The van der Waals surface area contributed by atoms with E-state index in [2.05, 4.69) is 29.0 Å². The number of carbonyl (C=O) groups is 1. The van der Waals surface area contributed by atoms with E-state index in [1.54, 1.807) is 0 Å². The quantitative estimate of drug-likeness (QED) is 0.796. The number of nitrogens with zero attached hydrogens (tertiary/aromatic N) is 3. The summed E-state index contributed by atoms with van der Waals surface area (Å²) in [6.45, 7) is 14.9. The number of hydrogen-bond donors (Lipinski definition) is 1. The predicted octanol–water partition coefficient (Wildman–Crippen LogP) is 0.925. The molecule has 2 saturated heterocycles. The van der Waals surface area contributed by atoms with E-state index in [0.29, 0.717) is 12.3 Å². The Morgan fingerprint density at radius 2 is 1.50 bits per heavy atom. The van der Waals surface area contributed by atoms with Gasteiger partial charge in [0.25, 0.3) is 0 Å². The van der Waals surface area contributed by atoms with Gasteiger partial charge in [-0.05, 0) is 5.92 Å². The minimum absolute atomic E-state index is 0. The maximum atomic E-state index is 12.1. The van der Waals surface area contributed by atoms with Crippen LogP contribution in [0.1, 0.15) is 20.3 Å². The summed E-state index contributed by atoms with van der Waals surface area (Å²) in [5.41, 5.74) is 0. The smallest absolute Gasteiger partial charge is 0.223 e. The zero-order valence-corrected chi connectivity index (χ0v) is 15.6. The molecule has 0 radical (unpaired) electrons. The molecule has 0 aromatic heterocycles. The lowest BCUT2D eigenvalue weighted by molar-refractivity contribution is -0.132. The highest BCUT2D eigenvalue weighted by Gasteiger charge is 2.20. The number of piperazine rings is 2. The van der Waals surface area contributed by atoms with Gasteiger partial charge in [0.05, 0.1) is 0 Å². The van der Waals surface area contributed by atoms with Crippen LogP contribution in [0, 0.1) is 5.92 Å². The van der Waals surface area contributed by atoms with Gasteiger partial charge in [0.2, 0.25) is 5.91 Å². The Morgan fingerprint density at radius 3 is 2.05 bits per heavy atom. The Labute approximate surface area is 147 Å². The van der Waals surface area contributed by atoms with Crippen LogP contribution in [0.4, 0.5) is 0 Å². The van der Waals surface area contributed by atoms with Gasteiger partial charge in [-0.15, -0.1) is 24.8 Å². The normalized spacial score (nSPS) is 20.4. The standard InChI is InChI=1S/C15H30N4O.2ClH/c1-14(2)13-18-11-9-17(10-12-18)6-3-15(20)19-7-4-16-5-8-19;;/h14,16H,3-13H2,1-2H3;2*1H. The van der Waals surface area contributed by atoms with E-state index in [4.69, 9.17) is 0 Å². The molecule has 132 valence electrons. The molecule has 0 spiro atoms. The van der Waals surface area contributed by atoms with Gasteiger partial charge < -0.3 is 20.0 Å². The summed E-state index contributed by atoms with van der Waals surface area (Å²) in [5, 5.41) is 3.29. The summed E-state index contributed by atoms with van der Waals surface area (Å²) in [6.07, 6.45) is 0.685. The lowest BCUT2D eigenvalue weighted by atomic mass is 10.2. The van der Waals surface area contributed by atoms with E-state index in [-0.39, 0.29) is 24.8 Å². The van der Waals surface area contributed by atoms with E-state index >= 15 is 0 Å². The monoisotopic (exact) mass is 354 g/mol. The van der Waals surface area contributed by atoms with Gasteiger partial charge in [-0.1, -0.05) is 13.8 Å². The summed E-state index contributed by atoms with van der Waals surface area (Å²) in [4.78, 5) is 19.1. The van der Waals surface area contributed by atoms with Crippen molar-refractivity contribution in [3.8, 4) is 0 Å². The predicted molar refractivity (Wildman–Crippen MR) is 96.3 cm³/mol. The SMILES string of the molecule is CC(C)CN1CCN(CCC(=O)N2CCNCC2)CC1.Cl.Cl. The molecular formula is C15H32Cl2N4O. The molecule has 7 heteroatoms. The van der Waals surface area contributed by atoms with Crippen LogP contribution < -0.4 is 5.32 Å². The molecule has 2 heterocycles. The molecule has 1 N–H and O–H groups in total. The highest BCUT2D eigenvalue weighted by molar-refractivity contribution is 5.85. The lowest BCUT2D eigenvalue weighted by Gasteiger charge is -2.36. The fourth-order valence-electron chi connectivity index (χ4n) is 3.04. The van der Waals surface area contributed by atoms with Crippen molar-refractivity contribution >= 4 is 30.7 Å². The number of rotatable bonds is 5. The minimum atomic E-state index is 0. The van der Waals surface area contributed by atoms with Gasteiger partial charge in [-0.25, -0.2) is 0 Å². The Balaban J connectivity index is 0.00000220. The fraction of sp³-hybridized carbons (Fsp3) is 0.933. The van der Waals surface area contributed by atoms with E-state index in [1.165, 1.54) is 6.54 Å². The molecule has 1 amide bonds. The van der Waals surface area contributed by atoms with Gasteiger partial charge in [0.1, 0.15) is 0 Å². The second-order valence-electron chi connectivity index (χ2n) is 6.42. The Kier molecular flexibility index (Phi) is 11.4. The zero-order chi connectivity index (χ0) is 14.4. The molecule has 0 aromatic rings. The third-order valence-electron chi connectivity index (χ3n) is 4.20. The van der Waals surface area contributed by atoms with Crippen LogP contribution in [0.25, 0.3) is 0 Å². The average Bonchev–Trinajstić information content (AvgIpc) is 2.46. The number of amides is 1. The van der Waals surface area contributed by atoms with Crippen LogP contribution in [0.3, 0.4) is 0 Å². The Bertz CT molecular complexity index is 304. The van der Waals surface area contributed by atoms with Crippen molar-refractivity contribution < 1.29 is 4.79 Å². The summed E-state index contributed by atoms with van der Waals surface area (Å²) < 4.78 is 0. The van der Waals surface area contributed by atoms with Crippen molar-refractivity contribution in [3.63, 3.8) is 0 Å². The van der Waals surface area contributed by atoms with Gasteiger partial charge in [-0.3, -0.25) is 4.79 Å². The Hall–Kier alpha value is -0.0700. The second-order valence-corrected chi connectivity index (χ2v) is 6.42. The first-order valence-corrected chi connectivity index (χ1v) is 8.08. The van der Waals surface area contributed by atoms with Gasteiger partial charge in [0, 0.05) is 71.9 Å². The molecule has 0 atom stereocenters. The van der Waals surface area contributed by atoms with Crippen molar-refractivity contribution in [3.05, 3.63) is 0 Å². The molecule has 2 aliphatic heterocycles. The highest BCUT2D eigenvalue weighted by atomic mass is 35.5.